The van der Waals surface area contributed by atoms with Crippen LogP contribution in [0.2, 0.25) is 0 Å². The van der Waals surface area contributed by atoms with Gasteiger partial charge in [-0.25, -0.2) is 18.7 Å². The molecule has 6 heterocycles. The number of hydrogen-bond donors (Lipinski definition) is 1. The first-order valence-electron chi connectivity index (χ1n) is 18.2. The lowest BCUT2D eigenvalue weighted by Crippen LogP contribution is -2.40. The number of aryl methyl sites for hydroxylation is 2. The number of fused-ring (bicyclic) bond motifs is 10. The van der Waals surface area contributed by atoms with Gasteiger partial charge in [-0.2, -0.15) is 0 Å². The van der Waals surface area contributed by atoms with Gasteiger partial charge in [-0.15, -0.1) is 0 Å². The van der Waals surface area contributed by atoms with Gasteiger partial charge >= 0.3 is 0 Å². The highest BCUT2D eigenvalue weighted by molar-refractivity contribution is 5.87. The van der Waals surface area contributed by atoms with Crippen LogP contribution in [0, 0.1) is 12.8 Å². The number of piperidine rings is 2. The number of hydrogen-bond acceptors (Lipinski definition) is 6. The van der Waals surface area contributed by atoms with Crippen LogP contribution in [-0.4, -0.2) is 63.1 Å². The lowest BCUT2D eigenvalue weighted by Gasteiger charge is -2.36. The molecule has 1 aromatic carbocycles. The Labute approximate surface area is 279 Å². The number of nitrogens with zero attached hydrogens (tertiary/aromatic N) is 5. The van der Waals surface area contributed by atoms with Crippen LogP contribution in [0.1, 0.15) is 119 Å². The Morgan fingerprint density at radius 3 is 2.26 bits per heavy atom. The maximum absolute atomic E-state index is 16.0. The van der Waals surface area contributed by atoms with Gasteiger partial charge in [0.15, 0.2) is 0 Å². The zero-order valence-corrected chi connectivity index (χ0v) is 28.9. The fraction of sp³-hybridized carbons (Fsp3) is 0.658. The number of aromatic nitrogens is 3. The summed E-state index contributed by atoms with van der Waals surface area (Å²) in [6.45, 7) is 13.4. The first kappa shape index (κ1) is 34.0. The predicted molar refractivity (Wildman–Crippen MR) is 186 cm³/mol. The Balaban J connectivity index is 1.38. The van der Waals surface area contributed by atoms with Gasteiger partial charge in [-0.1, -0.05) is 43.9 Å². The highest BCUT2D eigenvalue weighted by atomic mass is 19.3. The molecule has 7 nitrogen and oxygen atoms in total. The number of anilines is 1. The van der Waals surface area contributed by atoms with Gasteiger partial charge in [0.1, 0.15) is 17.3 Å². The monoisotopic (exact) mass is 648 g/mol. The molecule has 47 heavy (non-hydrogen) atoms. The van der Waals surface area contributed by atoms with Crippen molar-refractivity contribution in [3.63, 3.8) is 0 Å². The van der Waals surface area contributed by atoms with Crippen molar-refractivity contribution in [3.05, 3.63) is 63.2 Å². The standard InChI is InChI=1S/C38H54F2N6O/c1-26(2)45-22-14-29(15-23-45)33-25-34-35-41-27(3)30-12-11-13-32(24-30)38(39,40)31-16-20-44(21-17-31)18-9-7-5-6-8-10-19-46(37(33)47)36(34)43-28(4)42-35/h11-13,24-27,29,31H,5-10,14-23H2,1-4H3,(H,41,42,43)/t27-/m1/s1. The first-order valence-corrected chi connectivity index (χ1v) is 18.2. The molecule has 2 aromatic heterocycles. The van der Waals surface area contributed by atoms with Gasteiger partial charge in [-0.05, 0) is 123 Å². The summed E-state index contributed by atoms with van der Waals surface area (Å²) in [5.41, 5.74) is 2.47. The van der Waals surface area contributed by atoms with Gasteiger partial charge in [0.25, 0.3) is 11.5 Å². The fourth-order valence-electron chi connectivity index (χ4n) is 8.08. The largest absolute Gasteiger partial charge is 0.363 e. The third-order valence-corrected chi connectivity index (χ3v) is 11.1. The summed E-state index contributed by atoms with van der Waals surface area (Å²) < 4.78 is 33.9. The smallest absolute Gasteiger partial charge is 0.276 e. The minimum absolute atomic E-state index is 0.0751. The second kappa shape index (κ2) is 14.7. The molecule has 0 spiro atoms. The summed E-state index contributed by atoms with van der Waals surface area (Å²) in [6, 6.07) is 9.18. The number of likely N-dealkylation sites (tertiary alicyclic amines) is 1. The van der Waals surface area contributed by atoms with E-state index in [0.717, 1.165) is 101 Å². The number of nitrogens with one attached hydrogen (secondary N) is 1. The number of alkyl halides is 2. The third kappa shape index (κ3) is 7.56. The van der Waals surface area contributed by atoms with E-state index in [1.807, 2.05) is 30.5 Å². The van der Waals surface area contributed by atoms with Crippen molar-refractivity contribution < 1.29 is 8.78 Å². The van der Waals surface area contributed by atoms with Crippen molar-refractivity contribution in [2.45, 2.75) is 122 Å². The molecule has 8 bridgehead atoms. The van der Waals surface area contributed by atoms with Crippen LogP contribution in [0.25, 0.3) is 11.0 Å². The molecule has 9 heteroatoms. The molecule has 256 valence electrons. The van der Waals surface area contributed by atoms with Crippen molar-refractivity contribution >= 4 is 16.9 Å². The Morgan fingerprint density at radius 2 is 1.55 bits per heavy atom. The second-order valence-electron chi connectivity index (χ2n) is 14.7. The zero-order valence-electron chi connectivity index (χ0n) is 28.9. The van der Waals surface area contributed by atoms with Crippen LogP contribution in [0.5, 0.6) is 0 Å². The Kier molecular flexibility index (Phi) is 10.6. The van der Waals surface area contributed by atoms with Crippen molar-refractivity contribution in [2.75, 3.05) is 38.0 Å². The molecule has 3 aromatic rings. The molecule has 2 fully saturated rings. The molecule has 0 aliphatic carbocycles. The number of benzene rings is 1. The summed E-state index contributed by atoms with van der Waals surface area (Å²) in [4.78, 5) is 28.8. The van der Waals surface area contributed by atoms with Crippen LogP contribution in [0.15, 0.2) is 35.1 Å². The van der Waals surface area contributed by atoms with E-state index in [1.165, 1.54) is 0 Å². The Bertz CT molecular complexity index is 1570. The van der Waals surface area contributed by atoms with Gasteiger partial charge in [0.2, 0.25) is 0 Å². The molecule has 2 saturated heterocycles. The van der Waals surface area contributed by atoms with Crippen molar-refractivity contribution in [1.29, 1.82) is 0 Å². The van der Waals surface area contributed by atoms with Crippen molar-refractivity contribution in [3.8, 4) is 0 Å². The highest BCUT2D eigenvalue weighted by Gasteiger charge is 2.42. The van der Waals surface area contributed by atoms with E-state index in [4.69, 9.17) is 9.97 Å². The molecular formula is C38H54F2N6O. The maximum atomic E-state index is 16.0. The van der Waals surface area contributed by atoms with Crippen LogP contribution in [-0.2, 0) is 12.5 Å². The Morgan fingerprint density at radius 1 is 0.872 bits per heavy atom. The van der Waals surface area contributed by atoms with Gasteiger partial charge < -0.3 is 15.1 Å². The first-order chi connectivity index (χ1) is 22.6. The van der Waals surface area contributed by atoms with E-state index in [-0.39, 0.29) is 23.1 Å². The molecule has 0 radical (unpaired) electrons. The SMILES string of the molecule is Cc1nc2c3cc(C4CCN(C(C)C)CC4)c(=O)n(c3n1)CCCCCCCCN1CCC(CC1)C(F)(F)c1cccc(c1)[C@@H](C)N2. The van der Waals surface area contributed by atoms with E-state index in [0.29, 0.717) is 42.7 Å². The van der Waals surface area contributed by atoms with E-state index >= 15 is 8.78 Å². The minimum atomic E-state index is -2.88. The molecule has 1 N–H and O–H groups in total. The molecule has 4 aliphatic rings. The van der Waals surface area contributed by atoms with Crippen molar-refractivity contribution in [1.82, 2.24) is 24.3 Å². The summed E-state index contributed by atoms with van der Waals surface area (Å²) >= 11 is 0. The van der Waals surface area contributed by atoms with E-state index < -0.39 is 11.8 Å². The number of pyridine rings is 1. The van der Waals surface area contributed by atoms with Crippen LogP contribution in [0.3, 0.4) is 0 Å². The summed E-state index contributed by atoms with van der Waals surface area (Å²) in [7, 11) is 0. The maximum Gasteiger partial charge on any atom is 0.276 e. The normalized spacial score (nSPS) is 25.4. The van der Waals surface area contributed by atoms with Gasteiger partial charge in [0, 0.05) is 35.7 Å². The summed E-state index contributed by atoms with van der Waals surface area (Å²) in [5, 5.41) is 4.40. The molecule has 1 atom stereocenters. The van der Waals surface area contributed by atoms with E-state index in [9.17, 15) is 4.79 Å². The second-order valence-corrected chi connectivity index (χ2v) is 14.7. The van der Waals surface area contributed by atoms with E-state index in [2.05, 4.69) is 29.0 Å². The third-order valence-electron chi connectivity index (χ3n) is 11.1. The molecule has 0 saturated carbocycles. The molecule has 0 unspecified atom stereocenters. The molecule has 0 amide bonds. The topological polar surface area (TPSA) is 66.3 Å². The average Bonchev–Trinajstić information content (AvgIpc) is 3.06. The molecular weight excluding hydrogens is 594 g/mol. The number of halogens is 2. The minimum Gasteiger partial charge on any atom is -0.363 e. The van der Waals surface area contributed by atoms with Crippen LogP contribution in [0.4, 0.5) is 14.6 Å². The van der Waals surface area contributed by atoms with Crippen molar-refractivity contribution in [2.24, 2.45) is 5.92 Å². The van der Waals surface area contributed by atoms with Crippen LogP contribution >= 0.6 is 0 Å². The average molecular weight is 649 g/mol. The fourth-order valence-corrected chi connectivity index (χ4v) is 8.08. The molecule has 7 rings (SSSR count). The number of rotatable bonds is 2. The van der Waals surface area contributed by atoms with Gasteiger partial charge in [0.05, 0.1) is 5.39 Å². The lowest BCUT2D eigenvalue weighted by molar-refractivity contribution is -0.0855. The Hall–Kier alpha value is -2.91. The quantitative estimate of drug-likeness (QED) is 0.304. The lowest BCUT2D eigenvalue weighted by atomic mass is 9.85. The highest BCUT2D eigenvalue weighted by Crippen LogP contribution is 2.42. The van der Waals surface area contributed by atoms with E-state index in [1.54, 1.807) is 18.2 Å². The summed E-state index contributed by atoms with van der Waals surface area (Å²) in [6.07, 6.45) is 9.48. The van der Waals surface area contributed by atoms with Crippen LogP contribution < -0.4 is 10.9 Å². The zero-order chi connectivity index (χ0) is 33.1. The van der Waals surface area contributed by atoms with Gasteiger partial charge in [-0.3, -0.25) is 9.36 Å². The summed E-state index contributed by atoms with van der Waals surface area (Å²) in [5.74, 6) is -2.11. The predicted octanol–water partition coefficient (Wildman–Crippen LogP) is 8.02. The molecule has 4 aliphatic heterocycles.